The lowest BCUT2D eigenvalue weighted by Crippen LogP contribution is -2.09. The van der Waals surface area contributed by atoms with Crippen molar-refractivity contribution in [2.24, 2.45) is 0 Å². The number of rotatable bonds is 4. The number of benzene rings is 1. The van der Waals surface area contributed by atoms with Crippen molar-refractivity contribution in [1.29, 1.82) is 0 Å². The van der Waals surface area contributed by atoms with Gasteiger partial charge in [-0.05, 0) is 42.7 Å². The Hall–Kier alpha value is -2.49. The summed E-state index contributed by atoms with van der Waals surface area (Å²) >= 11 is 0. The fraction of sp³-hybridized carbons (Fsp3) is 0.235. The first-order valence-electron chi connectivity index (χ1n) is 7.06. The van der Waals surface area contributed by atoms with Crippen LogP contribution in [0.3, 0.4) is 0 Å². The van der Waals surface area contributed by atoms with Gasteiger partial charge in [0.1, 0.15) is 0 Å². The summed E-state index contributed by atoms with van der Waals surface area (Å²) in [5.74, 6) is 0.212. The number of imidazole rings is 1. The molecule has 0 aliphatic rings. The molecule has 21 heavy (non-hydrogen) atoms. The van der Waals surface area contributed by atoms with Crippen molar-refractivity contribution < 1.29 is 0 Å². The van der Waals surface area contributed by atoms with Gasteiger partial charge in [0.15, 0.2) is 0 Å². The van der Waals surface area contributed by atoms with E-state index in [1.54, 1.807) is 12.5 Å². The monoisotopic (exact) mass is 278 g/mol. The molecule has 3 rings (SSSR count). The number of aryl methyl sites for hydroxylation is 1. The highest BCUT2D eigenvalue weighted by Crippen LogP contribution is 2.30. The quantitative estimate of drug-likeness (QED) is 0.797. The third-order valence-corrected chi connectivity index (χ3v) is 3.96. The number of hydrogen-bond donors (Lipinski definition) is 1. The second-order valence-corrected chi connectivity index (χ2v) is 5.27. The van der Waals surface area contributed by atoms with Gasteiger partial charge >= 0.3 is 0 Å². The Bertz CT molecular complexity index is 705. The minimum atomic E-state index is 0.212. The van der Waals surface area contributed by atoms with E-state index >= 15 is 0 Å². The van der Waals surface area contributed by atoms with Crippen LogP contribution < -0.4 is 0 Å². The number of aromatic nitrogens is 4. The zero-order chi connectivity index (χ0) is 14.7. The largest absolute Gasteiger partial charge is 0.348 e. The van der Waals surface area contributed by atoms with Crippen LogP contribution in [0.5, 0.6) is 0 Å². The molecule has 4 heteroatoms. The molecule has 3 aromatic rings. The van der Waals surface area contributed by atoms with Gasteiger partial charge in [0.05, 0.1) is 12.0 Å². The van der Waals surface area contributed by atoms with Crippen molar-refractivity contribution >= 4 is 0 Å². The fourth-order valence-corrected chi connectivity index (χ4v) is 2.65. The van der Waals surface area contributed by atoms with Crippen LogP contribution in [-0.2, 0) is 6.42 Å². The fourth-order valence-electron chi connectivity index (χ4n) is 2.65. The van der Waals surface area contributed by atoms with E-state index < -0.39 is 0 Å². The van der Waals surface area contributed by atoms with E-state index in [2.05, 4.69) is 52.2 Å². The summed E-state index contributed by atoms with van der Waals surface area (Å²) in [5, 5.41) is 8.20. The number of aromatic amines is 1. The van der Waals surface area contributed by atoms with Crippen LogP contribution in [0.25, 0.3) is 0 Å². The first-order valence-corrected chi connectivity index (χ1v) is 7.06. The van der Waals surface area contributed by atoms with E-state index in [1.165, 1.54) is 16.7 Å². The van der Waals surface area contributed by atoms with Crippen molar-refractivity contribution in [1.82, 2.24) is 20.2 Å². The minimum absolute atomic E-state index is 0.212. The van der Waals surface area contributed by atoms with E-state index in [9.17, 15) is 0 Å². The van der Waals surface area contributed by atoms with Crippen molar-refractivity contribution in [2.75, 3.05) is 0 Å². The number of hydrogen-bond acceptors (Lipinski definition) is 3. The van der Waals surface area contributed by atoms with Gasteiger partial charge in [-0.2, -0.15) is 10.2 Å². The molecule has 1 atom stereocenters. The Kier molecular flexibility index (Phi) is 3.77. The van der Waals surface area contributed by atoms with E-state index in [1.807, 2.05) is 18.3 Å². The normalized spacial score (nSPS) is 12.3. The zero-order valence-electron chi connectivity index (χ0n) is 12.2. The van der Waals surface area contributed by atoms with Crippen molar-refractivity contribution in [3.05, 3.63) is 77.1 Å². The number of nitrogens with one attached hydrogen (secondary N) is 1. The average Bonchev–Trinajstić information content (AvgIpc) is 3.03. The molecular formula is C17H18N4. The molecule has 0 fully saturated rings. The lowest BCUT2D eigenvalue weighted by atomic mass is 9.87. The maximum Gasteiger partial charge on any atom is 0.0921 e. The van der Waals surface area contributed by atoms with Gasteiger partial charge in [-0.15, -0.1) is 0 Å². The van der Waals surface area contributed by atoms with Gasteiger partial charge in [-0.25, -0.2) is 4.98 Å². The van der Waals surface area contributed by atoms with E-state index in [0.29, 0.717) is 0 Å². The van der Waals surface area contributed by atoms with E-state index in [-0.39, 0.29) is 5.92 Å². The van der Waals surface area contributed by atoms with Crippen LogP contribution >= 0.6 is 0 Å². The minimum Gasteiger partial charge on any atom is -0.348 e. The van der Waals surface area contributed by atoms with Gasteiger partial charge in [-0.3, -0.25) is 0 Å². The predicted molar refractivity (Wildman–Crippen MR) is 82.1 cm³/mol. The maximum atomic E-state index is 4.22. The van der Waals surface area contributed by atoms with Crippen LogP contribution in [0.2, 0.25) is 0 Å². The van der Waals surface area contributed by atoms with Crippen LogP contribution in [-0.4, -0.2) is 20.2 Å². The molecule has 2 aromatic heterocycles. The number of nitrogens with zero attached hydrogens (tertiary/aromatic N) is 3. The van der Waals surface area contributed by atoms with Crippen molar-refractivity contribution in [2.45, 2.75) is 26.2 Å². The van der Waals surface area contributed by atoms with Crippen molar-refractivity contribution in [3.63, 3.8) is 0 Å². The third-order valence-electron chi connectivity index (χ3n) is 3.96. The molecule has 0 aliphatic carbocycles. The Morgan fingerprint density at radius 2 is 2.05 bits per heavy atom. The Morgan fingerprint density at radius 3 is 2.76 bits per heavy atom. The summed E-state index contributed by atoms with van der Waals surface area (Å²) in [6, 6.07) is 10.4. The van der Waals surface area contributed by atoms with Gasteiger partial charge in [0.2, 0.25) is 0 Å². The summed E-state index contributed by atoms with van der Waals surface area (Å²) in [6.45, 7) is 4.32. The molecule has 1 aromatic carbocycles. The molecule has 0 aliphatic heterocycles. The summed E-state index contributed by atoms with van der Waals surface area (Å²) in [6.07, 6.45) is 6.12. The average molecular weight is 278 g/mol. The van der Waals surface area contributed by atoms with Crippen LogP contribution in [0, 0.1) is 13.8 Å². The molecule has 106 valence electrons. The lowest BCUT2D eigenvalue weighted by molar-refractivity contribution is 0.739. The van der Waals surface area contributed by atoms with Crippen molar-refractivity contribution in [3.8, 4) is 0 Å². The first-order chi connectivity index (χ1) is 10.3. The first kappa shape index (κ1) is 13.5. The Balaban J connectivity index is 2.03. The molecular weight excluding hydrogens is 260 g/mol. The highest BCUT2D eigenvalue weighted by molar-refractivity contribution is 5.39. The van der Waals surface area contributed by atoms with E-state index in [0.717, 1.165) is 17.8 Å². The smallest absolute Gasteiger partial charge is 0.0921 e. The molecule has 2 heterocycles. The molecule has 0 saturated heterocycles. The van der Waals surface area contributed by atoms with Gasteiger partial charge in [0, 0.05) is 30.4 Å². The second kappa shape index (κ2) is 5.87. The van der Waals surface area contributed by atoms with Crippen LogP contribution in [0.1, 0.15) is 34.0 Å². The maximum absolute atomic E-state index is 4.22. The number of H-pyrrole nitrogens is 1. The molecule has 0 saturated carbocycles. The Labute approximate surface area is 124 Å². The molecule has 4 nitrogen and oxygen atoms in total. The zero-order valence-corrected chi connectivity index (χ0v) is 12.2. The predicted octanol–water partition coefficient (Wildman–Crippen LogP) is 3.19. The van der Waals surface area contributed by atoms with Gasteiger partial charge in [-0.1, -0.05) is 18.2 Å². The lowest BCUT2D eigenvalue weighted by Gasteiger charge is -2.19. The summed E-state index contributed by atoms with van der Waals surface area (Å²) in [5.41, 5.74) is 6.02. The van der Waals surface area contributed by atoms with Gasteiger partial charge < -0.3 is 4.98 Å². The molecule has 0 radical (unpaired) electrons. The summed E-state index contributed by atoms with van der Waals surface area (Å²) in [7, 11) is 0. The Morgan fingerprint density at radius 1 is 1.14 bits per heavy atom. The van der Waals surface area contributed by atoms with Crippen LogP contribution in [0.4, 0.5) is 0 Å². The van der Waals surface area contributed by atoms with E-state index in [4.69, 9.17) is 0 Å². The topological polar surface area (TPSA) is 54.5 Å². The molecule has 0 amide bonds. The standard InChI is InChI=1S/C17H18N4/c1-12-5-3-7-15(13(12)2)16(17-10-18-11-19-17)9-14-6-4-8-20-21-14/h3-8,10-11,16H,9H2,1-2H3,(H,18,19)/t16-/m1/s1. The van der Waals surface area contributed by atoms with Gasteiger partial charge in [0.25, 0.3) is 0 Å². The molecule has 1 N–H and O–H groups in total. The summed E-state index contributed by atoms with van der Waals surface area (Å²) in [4.78, 5) is 7.41. The second-order valence-electron chi connectivity index (χ2n) is 5.27. The highest BCUT2D eigenvalue weighted by atomic mass is 15.1. The highest BCUT2D eigenvalue weighted by Gasteiger charge is 2.19. The summed E-state index contributed by atoms with van der Waals surface area (Å²) < 4.78 is 0. The third kappa shape index (κ3) is 2.84. The SMILES string of the molecule is Cc1cccc([C@@H](Cc2cccnn2)c2cnc[nH]2)c1C. The molecule has 0 spiro atoms. The molecule has 0 bridgehead atoms. The van der Waals surface area contributed by atoms with Crippen LogP contribution in [0.15, 0.2) is 49.1 Å². The molecule has 0 unspecified atom stereocenters.